The fourth-order valence-corrected chi connectivity index (χ4v) is 5.83. The molecule has 1 aliphatic carbocycles. The molecule has 0 radical (unpaired) electrons. The van der Waals surface area contributed by atoms with E-state index in [1.807, 2.05) is 18.2 Å². The van der Waals surface area contributed by atoms with Crippen molar-refractivity contribution < 1.29 is 9.90 Å². The molecule has 0 fully saturated rings. The van der Waals surface area contributed by atoms with Crippen molar-refractivity contribution in [1.29, 1.82) is 0 Å². The standard InChI is InChI=1S/C26H29NO2S/c1-26(2)14-13-22-21(15-26)23(25(28)29)24(30-22)20-12-8-7-11-19(20)17-27(3)16-18-9-5-4-6-10-18/h4-12H,13-17H2,1-3H3,(H,28,29). The van der Waals surface area contributed by atoms with Crippen molar-refractivity contribution in [1.82, 2.24) is 4.90 Å². The van der Waals surface area contributed by atoms with Gasteiger partial charge in [-0.25, -0.2) is 4.79 Å². The Bertz CT molecular complexity index is 1050. The third-order valence-electron chi connectivity index (χ3n) is 5.99. The first-order valence-corrected chi connectivity index (χ1v) is 11.3. The molecule has 1 N–H and O–H groups in total. The third-order valence-corrected chi connectivity index (χ3v) is 7.31. The molecule has 2 aromatic carbocycles. The molecule has 0 saturated heterocycles. The molecule has 156 valence electrons. The van der Waals surface area contributed by atoms with Crippen LogP contribution < -0.4 is 0 Å². The highest BCUT2D eigenvalue weighted by Crippen LogP contribution is 2.45. The van der Waals surface area contributed by atoms with E-state index in [0.717, 1.165) is 48.4 Å². The maximum atomic E-state index is 12.3. The Balaban J connectivity index is 1.69. The van der Waals surface area contributed by atoms with Crippen LogP contribution in [0.15, 0.2) is 54.6 Å². The van der Waals surface area contributed by atoms with Gasteiger partial charge in [-0.15, -0.1) is 11.3 Å². The zero-order valence-corrected chi connectivity index (χ0v) is 18.8. The van der Waals surface area contributed by atoms with Crippen LogP contribution in [0.4, 0.5) is 0 Å². The van der Waals surface area contributed by atoms with Crippen LogP contribution in [-0.4, -0.2) is 23.0 Å². The molecule has 1 heterocycles. The number of hydrogen-bond donors (Lipinski definition) is 1. The Labute approximate surface area is 183 Å². The average Bonchev–Trinajstić information content (AvgIpc) is 3.06. The van der Waals surface area contributed by atoms with E-state index in [9.17, 15) is 9.90 Å². The summed E-state index contributed by atoms with van der Waals surface area (Å²) in [6.07, 6.45) is 2.93. The van der Waals surface area contributed by atoms with Crippen molar-refractivity contribution in [3.8, 4) is 10.4 Å². The molecule has 30 heavy (non-hydrogen) atoms. The number of nitrogens with zero attached hydrogens (tertiary/aromatic N) is 1. The largest absolute Gasteiger partial charge is 0.478 e. The van der Waals surface area contributed by atoms with Crippen molar-refractivity contribution in [2.75, 3.05) is 7.05 Å². The summed E-state index contributed by atoms with van der Waals surface area (Å²) in [6, 6.07) is 18.7. The highest BCUT2D eigenvalue weighted by atomic mass is 32.1. The molecule has 4 heteroatoms. The van der Waals surface area contributed by atoms with Crippen LogP contribution in [0, 0.1) is 5.41 Å². The molecule has 0 bridgehead atoms. The number of aryl methyl sites for hydroxylation is 1. The van der Waals surface area contributed by atoms with Crippen molar-refractivity contribution in [3.63, 3.8) is 0 Å². The predicted octanol–water partition coefficient (Wildman–Crippen LogP) is 6.26. The van der Waals surface area contributed by atoms with Gasteiger partial charge < -0.3 is 5.11 Å². The lowest BCUT2D eigenvalue weighted by Crippen LogP contribution is -2.22. The summed E-state index contributed by atoms with van der Waals surface area (Å²) < 4.78 is 0. The maximum absolute atomic E-state index is 12.3. The number of fused-ring (bicyclic) bond motifs is 1. The summed E-state index contributed by atoms with van der Waals surface area (Å²) in [5.41, 5.74) is 5.26. The molecule has 0 amide bonds. The van der Waals surface area contributed by atoms with Crippen LogP contribution in [0.3, 0.4) is 0 Å². The van der Waals surface area contributed by atoms with Gasteiger partial charge in [-0.05, 0) is 54.0 Å². The van der Waals surface area contributed by atoms with Crippen LogP contribution in [-0.2, 0) is 25.9 Å². The number of carboxylic acids is 1. The van der Waals surface area contributed by atoms with Crippen LogP contribution in [0.2, 0.25) is 0 Å². The number of aromatic carboxylic acids is 1. The Morgan fingerprint density at radius 2 is 1.77 bits per heavy atom. The van der Waals surface area contributed by atoms with E-state index in [2.05, 4.69) is 62.2 Å². The van der Waals surface area contributed by atoms with Crippen LogP contribution in [0.1, 0.15) is 52.2 Å². The highest BCUT2D eigenvalue weighted by Gasteiger charge is 2.33. The number of thiophene rings is 1. The second-order valence-electron chi connectivity index (χ2n) is 9.17. The molecule has 0 saturated carbocycles. The van der Waals surface area contributed by atoms with E-state index in [0.29, 0.717) is 5.56 Å². The minimum absolute atomic E-state index is 0.158. The van der Waals surface area contributed by atoms with Gasteiger partial charge in [-0.1, -0.05) is 68.4 Å². The minimum Gasteiger partial charge on any atom is -0.478 e. The zero-order valence-electron chi connectivity index (χ0n) is 17.9. The Morgan fingerprint density at radius 1 is 1.07 bits per heavy atom. The van der Waals surface area contributed by atoms with E-state index in [4.69, 9.17) is 0 Å². The lowest BCUT2D eigenvalue weighted by atomic mass is 9.76. The predicted molar refractivity (Wildman–Crippen MR) is 124 cm³/mol. The first kappa shape index (κ1) is 20.8. The Hall–Kier alpha value is -2.43. The van der Waals surface area contributed by atoms with Gasteiger partial charge in [-0.2, -0.15) is 0 Å². The first-order valence-electron chi connectivity index (χ1n) is 10.5. The molecular formula is C26H29NO2S. The fourth-order valence-electron chi connectivity index (χ4n) is 4.46. The number of benzene rings is 2. The van der Waals surface area contributed by atoms with Gasteiger partial charge in [0.1, 0.15) is 0 Å². The topological polar surface area (TPSA) is 40.5 Å². The van der Waals surface area contributed by atoms with Gasteiger partial charge in [0.15, 0.2) is 0 Å². The Kier molecular flexibility index (Phi) is 5.81. The number of carboxylic acid groups (broad SMARTS) is 1. The monoisotopic (exact) mass is 419 g/mol. The molecule has 1 aromatic heterocycles. The van der Waals surface area contributed by atoms with Crippen LogP contribution in [0.5, 0.6) is 0 Å². The third kappa shape index (κ3) is 4.35. The summed E-state index contributed by atoms with van der Waals surface area (Å²) >= 11 is 1.69. The van der Waals surface area contributed by atoms with Gasteiger partial charge in [0.2, 0.25) is 0 Å². The van der Waals surface area contributed by atoms with Crippen molar-refractivity contribution in [2.24, 2.45) is 5.41 Å². The second-order valence-corrected chi connectivity index (χ2v) is 10.3. The molecule has 0 spiro atoms. The number of hydrogen-bond acceptors (Lipinski definition) is 3. The molecule has 4 rings (SSSR count). The summed E-state index contributed by atoms with van der Waals surface area (Å²) in [4.78, 5) is 16.8. The van der Waals surface area contributed by atoms with Gasteiger partial charge in [0.25, 0.3) is 0 Å². The summed E-state index contributed by atoms with van der Waals surface area (Å²) in [5.74, 6) is -0.798. The van der Waals surface area contributed by atoms with Gasteiger partial charge >= 0.3 is 5.97 Å². The maximum Gasteiger partial charge on any atom is 0.337 e. The lowest BCUT2D eigenvalue weighted by Gasteiger charge is -2.29. The molecule has 0 atom stereocenters. The summed E-state index contributed by atoms with van der Waals surface area (Å²) in [5, 5.41) is 10.1. The molecular weight excluding hydrogens is 390 g/mol. The minimum atomic E-state index is -0.798. The van der Waals surface area contributed by atoms with E-state index < -0.39 is 5.97 Å². The van der Waals surface area contributed by atoms with Gasteiger partial charge in [-0.3, -0.25) is 4.90 Å². The van der Waals surface area contributed by atoms with Crippen LogP contribution in [0.25, 0.3) is 10.4 Å². The Morgan fingerprint density at radius 3 is 2.50 bits per heavy atom. The summed E-state index contributed by atoms with van der Waals surface area (Å²) in [6.45, 7) is 6.12. The number of carbonyl (C=O) groups is 1. The van der Waals surface area contributed by atoms with E-state index in [1.165, 1.54) is 16.0 Å². The highest BCUT2D eigenvalue weighted by molar-refractivity contribution is 7.16. The van der Waals surface area contributed by atoms with Crippen LogP contribution >= 0.6 is 11.3 Å². The smallest absolute Gasteiger partial charge is 0.337 e. The number of rotatable bonds is 6. The van der Waals surface area contributed by atoms with E-state index in [1.54, 1.807) is 11.3 Å². The van der Waals surface area contributed by atoms with Crippen molar-refractivity contribution >= 4 is 17.3 Å². The average molecular weight is 420 g/mol. The van der Waals surface area contributed by atoms with E-state index in [-0.39, 0.29) is 5.41 Å². The molecule has 0 unspecified atom stereocenters. The first-order chi connectivity index (χ1) is 14.3. The normalized spacial score (nSPS) is 15.2. The van der Waals surface area contributed by atoms with Gasteiger partial charge in [0.05, 0.1) is 5.56 Å². The molecule has 3 nitrogen and oxygen atoms in total. The molecule has 3 aromatic rings. The van der Waals surface area contributed by atoms with E-state index >= 15 is 0 Å². The molecule has 1 aliphatic rings. The van der Waals surface area contributed by atoms with Crippen molar-refractivity contribution in [2.45, 2.75) is 46.2 Å². The second kappa shape index (κ2) is 8.37. The zero-order chi connectivity index (χ0) is 21.3. The van der Waals surface area contributed by atoms with Gasteiger partial charge in [0, 0.05) is 22.8 Å². The fraction of sp³-hybridized carbons (Fsp3) is 0.346. The summed E-state index contributed by atoms with van der Waals surface area (Å²) in [7, 11) is 2.11. The SMILES string of the molecule is CN(Cc1ccccc1)Cc1ccccc1-c1sc2c(c1C(=O)O)CC(C)(C)CC2. The molecule has 0 aliphatic heterocycles. The van der Waals surface area contributed by atoms with Crippen molar-refractivity contribution in [3.05, 3.63) is 81.7 Å². The lowest BCUT2D eigenvalue weighted by molar-refractivity contribution is 0.0696. The quantitative estimate of drug-likeness (QED) is 0.513.